The molecule has 2 N–H and O–H groups in total. The maximum atomic E-state index is 11.8. The molecule has 10 heteroatoms. The number of ketones is 2. The lowest BCUT2D eigenvalue weighted by atomic mass is 10.2. The van der Waals surface area contributed by atoms with Crippen molar-refractivity contribution in [3.05, 3.63) is 22.1 Å². The summed E-state index contributed by atoms with van der Waals surface area (Å²) in [6, 6.07) is 0. The summed E-state index contributed by atoms with van der Waals surface area (Å²) in [6.07, 6.45) is 0.495. The Labute approximate surface area is 143 Å². The first-order valence-corrected chi connectivity index (χ1v) is 7.68. The number of carbonyl (C=O) groups excluding carboxylic acids is 2. The minimum Gasteiger partial charge on any atom is -0.510 e. The molecule has 0 unspecified atom stereocenters. The van der Waals surface area contributed by atoms with Crippen LogP contribution in [0.3, 0.4) is 0 Å². The Morgan fingerprint density at radius 1 is 0.880 bits per heavy atom. The maximum Gasteiger partial charge on any atom is 0.182 e. The van der Waals surface area contributed by atoms with Crippen LogP contribution in [0.5, 0.6) is 0 Å². The number of nitrogens with zero attached hydrogens (tertiary/aromatic N) is 6. The largest absolute Gasteiger partial charge is 0.510 e. The highest BCUT2D eigenvalue weighted by Crippen LogP contribution is 2.08. The summed E-state index contributed by atoms with van der Waals surface area (Å²) in [7, 11) is 0. The van der Waals surface area contributed by atoms with Crippen molar-refractivity contribution in [3.8, 4) is 0 Å². The summed E-state index contributed by atoms with van der Waals surface area (Å²) in [5, 5.41) is 35.3. The van der Waals surface area contributed by atoms with Crippen molar-refractivity contribution in [2.24, 2.45) is 0 Å². The summed E-state index contributed by atoms with van der Waals surface area (Å²) in [5.74, 6) is -0.670. The summed E-state index contributed by atoms with van der Waals surface area (Å²) in [5.41, 5.74) is 0.234. The maximum absolute atomic E-state index is 11.8. The average molecular weight is 348 g/mol. The first kappa shape index (κ1) is 18.3. The molecule has 10 nitrogen and oxygen atoms in total. The fourth-order valence-electron chi connectivity index (χ4n) is 2.50. The van der Waals surface area contributed by atoms with Crippen LogP contribution in [-0.4, -0.2) is 51.8 Å². The van der Waals surface area contributed by atoms with Gasteiger partial charge in [-0.3, -0.25) is 9.59 Å². The van der Waals surface area contributed by atoms with Crippen molar-refractivity contribution in [2.45, 2.75) is 47.2 Å². The number of aliphatic hydroxyl groups excluding tert-OH is 2. The molecule has 0 aliphatic rings. The van der Waals surface area contributed by atoms with Gasteiger partial charge in [-0.25, -0.2) is 9.36 Å². The number of hydrogen-bond donors (Lipinski definition) is 2. The van der Waals surface area contributed by atoms with E-state index in [9.17, 15) is 19.8 Å². The lowest BCUT2D eigenvalue weighted by Crippen LogP contribution is -2.34. The normalized spacial score (nSPS) is 13.6. The van der Waals surface area contributed by atoms with Crippen LogP contribution in [0.2, 0.25) is 0 Å². The second-order valence-electron chi connectivity index (χ2n) is 5.66. The Hall–Kier alpha value is -3.04. The highest BCUT2D eigenvalue weighted by Gasteiger charge is 2.20. The molecule has 134 valence electrons. The molecule has 0 spiro atoms. The van der Waals surface area contributed by atoms with Crippen molar-refractivity contribution < 1.29 is 19.8 Å². The zero-order valence-electron chi connectivity index (χ0n) is 14.5. The van der Waals surface area contributed by atoms with Gasteiger partial charge in [-0.2, -0.15) is 0 Å². The summed E-state index contributed by atoms with van der Waals surface area (Å²) >= 11 is 0. The highest BCUT2D eigenvalue weighted by molar-refractivity contribution is 6.04. The van der Waals surface area contributed by atoms with E-state index < -0.39 is 0 Å². The first-order chi connectivity index (χ1) is 11.7. The molecule has 0 aromatic carbocycles. The molecule has 0 aliphatic carbocycles. The second kappa shape index (κ2) is 7.24. The summed E-state index contributed by atoms with van der Waals surface area (Å²) < 4.78 is 2.84. The quantitative estimate of drug-likeness (QED) is 0.681. The SMILES string of the molecule is CC(=O)c1nnn(CCCn2nnc(=C(C)O)c2=C(C)O)c1C(C)=O. The van der Waals surface area contributed by atoms with Crippen LogP contribution in [0.1, 0.15) is 55.1 Å². The van der Waals surface area contributed by atoms with Crippen molar-refractivity contribution in [2.75, 3.05) is 0 Å². The zero-order chi connectivity index (χ0) is 18.7. The Kier molecular flexibility index (Phi) is 5.30. The number of carbonyl (C=O) groups is 2. The van der Waals surface area contributed by atoms with Crippen molar-refractivity contribution in [3.63, 3.8) is 0 Å². The van der Waals surface area contributed by atoms with E-state index in [0.29, 0.717) is 24.9 Å². The monoisotopic (exact) mass is 348 g/mol. The van der Waals surface area contributed by atoms with Gasteiger partial charge in [0, 0.05) is 26.9 Å². The molecule has 0 amide bonds. The molecule has 0 aliphatic heterocycles. The molecule has 25 heavy (non-hydrogen) atoms. The van der Waals surface area contributed by atoms with E-state index in [4.69, 9.17) is 0 Å². The molecule has 0 saturated heterocycles. The smallest absolute Gasteiger partial charge is 0.182 e. The van der Waals surface area contributed by atoms with E-state index in [2.05, 4.69) is 20.6 Å². The minimum absolute atomic E-state index is 0.0163. The number of Topliss-reactive ketones (excluding diaryl/α,β-unsaturated/α-hetero) is 2. The third-order valence-electron chi connectivity index (χ3n) is 3.56. The summed E-state index contributed by atoms with van der Waals surface area (Å²) in [4.78, 5) is 23.3. The second-order valence-corrected chi connectivity index (χ2v) is 5.66. The van der Waals surface area contributed by atoms with Gasteiger partial charge in [-0.15, -0.1) is 10.2 Å². The Morgan fingerprint density at radius 2 is 1.48 bits per heavy atom. The van der Waals surface area contributed by atoms with Crippen molar-refractivity contribution in [1.29, 1.82) is 0 Å². The molecule has 0 saturated carbocycles. The van der Waals surface area contributed by atoms with Gasteiger partial charge in [0.1, 0.15) is 22.6 Å². The Balaban J connectivity index is 2.24. The molecule has 2 rings (SSSR count). The van der Waals surface area contributed by atoms with Gasteiger partial charge in [-0.05, 0) is 20.3 Å². The highest BCUT2D eigenvalue weighted by atomic mass is 16.3. The number of aromatic nitrogens is 6. The van der Waals surface area contributed by atoms with E-state index >= 15 is 0 Å². The molecule has 0 fully saturated rings. The Bertz CT molecular complexity index is 932. The fraction of sp³-hybridized carbons (Fsp3) is 0.467. The van der Waals surface area contributed by atoms with E-state index in [1.54, 1.807) is 0 Å². The van der Waals surface area contributed by atoms with Gasteiger partial charge in [0.2, 0.25) is 0 Å². The molecule has 0 bridgehead atoms. The standard InChI is InChI=1S/C15H20N6O4/c1-8(22)12-14(10(3)24)20(18-16-12)6-5-7-21-15(11(4)25)13(9(2)23)17-19-21/h22,24H,5-7H2,1-4H3. The van der Waals surface area contributed by atoms with E-state index in [-0.39, 0.29) is 39.8 Å². The van der Waals surface area contributed by atoms with Gasteiger partial charge in [0.25, 0.3) is 0 Å². The van der Waals surface area contributed by atoms with Crippen LogP contribution in [0.4, 0.5) is 0 Å². The molecular weight excluding hydrogens is 328 g/mol. The molecule has 0 radical (unpaired) electrons. The van der Waals surface area contributed by atoms with Gasteiger partial charge in [-0.1, -0.05) is 10.4 Å². The van der Waals surface area contributed by atoms with Crippen LogP contribution < -0.4 is 10.7 Å². The van der Waals surface area contributed by atoms with E-state index in [0.717, 1.165) is 0 Å². The van der Waals surface area contributed by atoms with E-state index in [1.165, 1.54) is 37.1 Å². The van der Waals surface area contributed by atoms with Gasteiger partial charge in [0.15, 0.2) is 22.6 Å². The van der Waals surface area contributed by atoms with E-state index in [1.807, 2.05) is 0 Å². The zero-order valence-corrected chi connectivity index (χ0v) is 14.5. The van der Waals surface area contributed by atoms with Crippen LogP contribution in [-0.2, 0) is 13.1 Å². The molecule has 2 aromatic rings. The lowest BCUT2D eigenvalue weighted by Gasteiger charge is -2.05. The van der Waals surface area contributed by atoms with Crippen LogP contribution in [0.15, 0.2) is 0 Å². The van der Waals surface area contributed by atoms with Gasteiger partial charge >= 0.3 is 0 Å². The Morgan fingerprint density at radius 3 is 2.00 bits per heavy atom. The summed E-state index contributed by atoms with van der Waals surface area (Å²) in [6.45, 7) is 6.31. The first-order valence-electron chi connectivity index (χ1n) is 7.68. The topological polar surface area (TPSA) is 136 Å². The molecular formula is C15H20N6O4. The number of aliphatic hydroxyl groups is 2. The lowest BCUT2D eigenvalue weighted by molar-refractivity contribution is 0.0972. The minimum atomic E-state index is -0.320. The number of hydrogen-bond acceptors (Lipinski definition) is 8. The predicted molar refractivity (Wildman–Crippen MR) is 87.3 cm³/mol. The molecule has 2 heterocycles. The molecule has 2 aromatic heterocycles. The van der Waals surface area contributed by atoms with Crippen LogP contribution in [0, 0.1) is 0 Å². The number of aryl methyl sites for hydroxylation is 2. The molecule has 0 atom stereocenters. The van der Waals surface area contributed by atoms with Crippen LogP contribution >= 0.6 is 0 Å². The third-order valence-corrected chi connectivity index (χ3v) is 3.56. The van der Waals surface area contributed by atoms with Gasteiger partial charge in [0.05, 0.1) is 0 Å². The third kappa shape index (κ3) is 3.73. The predicted octanol–water partition coefficient (Wildman–Crippen LogP) is -0.263. The van der Waals surface area contributed by atoms with Crippen molar-refractivity contribution in [1.82, 2.24) is 30.0 Å². The van der Waals surface area contributed by atoms with Crippen LogP contribution in [0.25, 0.3) is 11.5 Å². The van der Waals surface area contributed by atoms with Crippen molar-refractivity contribution >= 4 is 23.1 Å². The van der Waals surface area contributed by atoms with Gasteiger partial charge < -0.3 is 10.2 Å². The fourth-order valence-corrected chi connectivity index (χ4v) is 2.50. The number of rotatable bonds is 6. The average Bonchev–Trinajstić information content (AvgIpc) is 3.11.